The largest absolute Gasteiger partial charge is 0.494 e. The number of unbranched alkanes of at least 4 members (excludes halogenated alkanes) is 9. The molecule has 16 nitrogen and oxygen atoms in total. The fraction of sp³-hybridized carbons (Fsp3) is 0.270. The lowest BCUT2D eigenvalue weighted by Gasteiger charge is -2.14. The van der Waals surface area contributed by atoms with Crippen molar-refractivity contribution in [2.75, 3.05) is 39.6 Å². The summed E-state index contributed by atoms with van der Waals surface area (Å²) in [6.45, 7) is 13.5. The predicted molar refractivity (Wildman–Crippen MR) is 350 cm³/mol. The van der Waals surface area contributed by atoms with Crippen molar-refractivity contribution >= 4 is 63.3 Å². The number of pyridine rings is 1. The van der Waals surface area contributed by atoms with Crippen LogP contribution in [-0.2, 0) is 41.8 Å². The molecule has 8 aromatic rings. The van der Waals surface area contributed by atoms with E-state index in [0.29, 0.717) is 85.3 Å². The number of fused-ring (bicyclic) bond motifs is 3. The maximum Gasteiger partial charge on any atom is 0.343 e. The van der Waals surface area contributed by atoms with Crippen LogP contribution in [0.25, 0.3) is 21.7 Å². The highest BCUT2D eigenvalue weighted by molar-refractivity contribution is 7.99. The molecule has 0 saturated carbocycles. The van der Waals surface area contributed by atoms with Gasteiger partial charge >= 0.3 is 29.8 Å². The van der Waals surface area contributed by atoms with E-state index in [4.69, 9.17) is 52.4 Å². The molecule has 0 unspecified atom stereocenters. The molecular weight excluding hydrogens is 1170 g/mol. The molecule has 0 aliphatic heterocycles. The van der Waals surface area contributed by atoms with Crippen LogP contribution in [0.15, 0.2) is 206 Å². The van der Waals surface area contributed by atoms with E-state index in [0.717, 1.165) is 138 Å². The van der Waals surface area contributed by atoms with E-state index in [2.05, 4.69) is 19.7 Å². The SMILES string of the molecule is C=CC(=O)OCCCCCCOc1ccc(OC(=O)c2ccc(COc3ccc4c(c3)nc(Sc3ccc(OCCCCCCOC(=O)C=C)cc3)c3cc(OCc5ccc(C(=O)Oc6ccc(OCCCCCCOC(=O)C=C)cc6)cc5)ccc34)cc2)cc1. The summed E-state index contributed by atoms with van der Waals surface area (Å²) < 4.78 is 56.9. The third-order valence-corrected chi connectivity index (χ3v) is 15.2. The molecule has 0 N–H and O–H groups in total. The Morgan fingerprint density at radius 2 is 0.703 bits per heavy atom. The van der Waals surface area contributed by atoms with Crippen LogP contribution in [-0.4, -0.2) is 74.5 Å². The summed E-state index contributed by atoms with van der Waals surface area (Å²) in [5.74, 6) is 1.95. The van der Waals surface area contributed by atoms with Crippen LogP contribution in [0, 0.1) is 0 Å². The van der Waals surface area contributed by atoms with Crippen LogP contribution in [0.5, 0.6) is 40.2 Å². The summed E-state index contributed by atoms with van der Waals surface area (Å²) in [5, 5.41) is 3.55. The topological polar surface area (TPSA) is 191 Å². The number of benzene rings is 7. The van der Waals surface area contributed by atoms with Gasteiger partial charge in [0, 0.05) is 40.0 Å². The molecule has 8 rings (SSSR count). The van der Waals surface area contributed by atoms with Crippen molar-refractivity contribution in [2.45, 2.75) is 100 Å². The second-order valence-corrected chi connectivity index (χ2v) is 22.0. The van der Waals surface area contributed by atoms with E-state index < -0.39 is 29.8 Å². The molecule has 0 amide bonds. The normalized spacial score (nSPS) is 10.8. The zero-order chi connectivity index (χ0) is 63.8. The third kappa shape index (κ3) is 22.6. The van der Waals surface area contributed by atoms with E-state index in [1.54, 1.807) is 72.8 Å². The summed E-state index contributed by atoms with van der Waals surface area (Å²) in [5.41, 5.74) is 3.23. The first-order valence-electron chi connectivity index (χ1n) is 30.5. The number of esters is 5. The number of aromatic nitrogens is 1. The van der Waals surface area contributed by atoms with Crippen molar-refractivity contribution in [2.24, 2.45) is 0 Å². The minimum absolute atomic E-state index is 0.242. The Labute approximate surface area is 535 Å². The molecule has 91 heavy (non-hydrogen) atoms. The van der Waals surface area contributed by atoms with Gasteiger partial charge in [-0.1, -0.05) is 55.8 Å². The molecule has 17 heteroatoms. The molecule has 472 valence electrons. The summed E-state index contributed by atoms with van der Waals surface area (Å²) in [7, 11) is 0. The van der Waals surface area contributed by atoms with E-state index >= 15 is 0 Å². The lowest BCUT2D eigenvalue weighted by Crippen LogP contribution is -2.08. The summed E-state index contributed by atoms with van der Waals surface area (Å²) in [6, 6.07) is 47.8. The Kier molecular flexibility index (Phi) is 27.0. The van der Waals surface area contributed by atoms with Gasteiger partial charge in [0.2, 0.25) is 0 Å². The fourth-order valence-electron chi connectivity index (χ4n) is 9.19. The van der Waals surface area contributed by atoms with Crippen LogP contribution < -0.4 is 33.2 Å². The second kappa shape index (κ2) is 36.6. The van der Waals surface area contributed by atoms with Crippen molar-refractivity contribution in [3.05, 3.63) is 218 Å². The van der Waals surface area contributed by atoms with E-state index in [1.807, 2.05) is 84.9 Å². The van der Waals surface area contributed by atoms with Crippen LogP contribution in [0.4, 0.5) is 0 Å². The summed E-state index contributed by atoms with van der Waals surface area (Å²) in [6.07, 6.45) is 14.0. The highest BCUT2D eigenvalue weighted by Crippen LogP contribution is 2.39. The number of carbonyl (C=O) groups is 5. The maximum absolute atomic E-state index is 13.1. The summed E-state index contributed by atoms with van der Waals surface area (Å²) in [4.78, 5) is 66.0. The Balaban J connectivity index is 0.858. The average Bonchev–Trinajstić information content (AvgIpc) is 0.836. The van der Waals surface area contributed by atoms with Gasteiger partial charge in [-0.3, -0.25) is 0 Å². The maximum atomic E-state index is 13.1. The first-order valence-corrected chi connectivity index (χ1v) is 31.3. The number of nitrogens with zero attached hydrogens (tertiary/aromatic N) is 1. The van der Waals surface area contributed by atoms with E-state index in [1.165, 1.54) is 17.8 Å². The predicted octanol–water partition coefficient (Wildman–Crippen LogP) is 16.1. The highest BCUT2D eigenvalue weighted by atomic mass is 32.2. The minimum atomic E-state index is -0.490. The molecule has 1 heterocycles. The van der Waals surface area contributed by atoms with Gasteiger partial charge < -0.3 is 47.4 Å². The van der Waals surface area contributed by atoms with Crippen molar-refractivity contribution in [1.29, 1.82) is 0 Å². The van der Waals surface area contributed by atoms with Gasteiger partial charge in [0.1, 0.15) is 58.5 Å². The van der Waals surface area contributed by atoms with Gasteiger partial charge in [-0.05, 0) is 221 Å². The summed E-state index contributed by atoms with van der Waals surface area (Å²) >= 11 is 1.52. The molecule has 1 aromatic heterocycles. The number of ether oxygens (including phenoxy) is 10. The zero-order valence-corrected chi connectivity index (χ0v) is 51.8. The molecule has 7 aromatic carbocycles. The molecule has 0 bridgehead atoms. The highest BCUT2D eigenvalue weighted by Gasteiger charge is 2.16. The van der Waals surface area contributed by atoms with Gasteiger partial charge in [0.25, 0.3) is 0 Å². The number of rotatable bonds is 39. The third-order valence-electron chi connectivity index (χ3n) is 14.2. The Bertz CT molecular complexity index is 3680. The van der Waals surface area contributed by atoms with Crippen LogP contribution in [0.3, 0.4) is 0 Å². The molecule has 0 aliphatic carbocycles. The van der Waals surface area contributed by atoms with Crippen LogP contribution >= 0.6 is 11.8 Å². The monoisotopic (exact) mass is 1250 g/mol. The Morgan fingerprint density at radius 1 is 0.352 bits per heavy atom. The molecule has 0 spiro atoms. The first-order chi connectivity index (χ1) is 44.5. The number of hydrogen-bond donors (Lipinski definition) is 0. The second-order valence-electron chi connectivity index (χ2n) is 21.0. The van der Waals surface area contributed by atoms with Gasteiger partial charge in [-0.2, -0.15) is 0 Å². The number of carbonyl (C=O) groups excluding carboxylic acids is 5. The molecular formula is C74H75NO15S. The quantitative estimate of drug-likeness (QED) is 0.00882. The lowest BCUT2D eigenvalue weighted by molar-refractivity contribution is -0.138. The van der Waals surface area contributed by atoms with Gasteiger partial charge in [0.15, 0.2) is 0 Å². The van der Waals surface area contributed by atoms with Crippen molar-refractivity contribution in [1.82, 2.24) is 4.98 Å². The number of hydrogen-bond acceptors (Lipinski definition) is 17. The van der Waals surface area contributed by atoms with Gasteiger partial charge in [-0.15, -0.1) is 0 Å². The minimum Gasteiger partial charge on any atom is -0.494 e. The fourth-order valence-corrected chi connectivity index (χ4v) is 10.1. The first kappa shape index (κ1) is 67.1. The van der Waals surface area contributed by atoms with Gasteiger partial charge in [0.05, 0.1) is 56.3 Å². The molecule has 0 saturated heterocycles. The lowest BCUT2D eigenvalue weighted by atomic mass is 10.1. The van der Waals surface area contributed by atoms with Gasteiger partial charge in [-0.25, -0.2) is 29.0 Å². The Morgan fingerprint density at radius 3 is 1.11 bits per heavy atom. The Hall–Kier alpha value is -9.87. The van der Waals surface area contributed by atoms with Crippen molar-refractivity contribution in [3.8, 4) is 40.2 Å². The molecule has 0 fully saturated rings. The average molecular weight is 1250 g/mol. The zero-order valence-electron chi connectivity index (χ0n) is 51.0. The smallest absolute Gasteiger partial charge is 0.343 e. The van der Waals surface area contributed by atoms with Crippen molar-refractivity contribution in [3.63, 3.8) is 0 Å². The molecule has 0 atom stereocenters. The molecule has 0 radical (unpaired) electrons. The standard InChI is InChI=1S/C74H75NO15S/c1-4-69(76)84-46-16-10-7-13-43-81-57-27-31-60(32-28-57)89-73(79)55-23-19-53(20-24-55)51-87-62-37-41-65-66-42-38-63(50-68(66)75-72(67(65)49-62)91-64-39-35-59(36-40-64)83-45-15-9-12-18-48-86-71(78)6-3)88-52-54-21-25-56(26-22-54)74(80)90-61-33-29-58(30-34-61)82-44-14-8-11-17-47-85-70(77)5-2/h4-6,19-42,49-50H,1-3,7-18,43-48,51-52H2. The van der Waals surface area contributed by atoms with Crippen LogP contribution in [0.1, 0.15) is 109 Å². The van der Waals surface area contributed by atoms with E-state index in [-0.39, 0.29) is 13.2 Å². The molecule has 0 aliphatic rings. The van der Waals surface area contributed by atoms with Crippen molar-refractivity contribution < 1.29 is 71.3 Å². The van der Waals surface area contributed by atoms with E-state index in [9.17, 15) is 24.0 Å². The van der Waals surface area contributed by atoms with Crippen LogP contribution in [0.2, 0.25) is 0 Å².